The minimum atomic E-state index is -0.114. The molecule has 0 spiro atoms. The summed E-state index contributed by atoms with van der Waals surface area (Å²) in [5, 5.41) is 5.27. The molecule has 2 heterocycles. The van der Waals surface area contributed by atoms with E-state index in [1.165, 1.54) is 37.9 Å². The van der Waals surface area contributed by atoms with Crippen LogP contribution in [0.25, 0.3) is 4.96 Å². The molecule has 0 amide bonds. The van der Waals surface area contributed by atoms with Crippen molar-refractivity contribution in [3.63, 3.8) is 0 Å². The van der Waals surface area contributed by atoms with E-state index >= 15 is 0 Å². The lowest BCUT2D eigenvalue weighted by atomic mass is 10.2. The molecule has 0 bridgehead atoms. The van der Waals surface area contributed by atoms with Gasteiger partial charge in [0.25, 0.3) is 5.56 Å². The summed E-state index contributed by atoms with van der Waals surface area (Å²) in [7, 11) is 0. The quantitative estimate of drug-likeness (QED) is 0.695. The van der Waals surface area contributed by atoms with Gasteiger partial charge >= 0.3 is 0 Å². The van der Waals surface area contributed by atoms with E-state index in [2.05, 4.69) is 42.1 Å². The number of benzene rings is 1. The fraction of sp³-hybridized carbons (Fsp3) is 0.267. The molecular weight excluding hydrogens is 302 g/mol. The summed E-state index contributed by atoms with van der Waals surface area (Å²) in [4.78, 5) is 18.1. The van der Waals surface area contributed by atoms with Gasteiger partial charge in [0.2, 0.25) is 4.96 Å². The van der Waals surface area contributed by atoms with Crippen molar-refractivity contribution in [3.05, 3.63) is 56.4 Å². The lowest BCUT2D eigenvalue weighted by molar-refractivity contribution is 0.870. The number of rotatable bonds is 3. The second kappa shape index (κ2) is 5.61. The summed E-state index contributed by atoms with van der Waals surface area (Å²) in [5.41, 5.74) is 3.16. The van der Waals surface area contributed by atoms with Gasteiger partial charge in [-0.3, -0.25) is 4.79 Å². The molecule has 0 saturated carbocycles. The van der Waals surface area contributed by atoms with E-state index in [9.17, 15) is 4.79 Å². The van der Waals surface area contributed by atoms with Gasteiger partial charge in [-0.1, -0.05) is 29.0 Å². The van der Waals surface area contributed by atoms with Crippen molar-refractivity contribution < 1.29 is 0 Å². The van der Waals surface area contributed by atoms with E-state index in [1.54, 1.807) is 11.8 Å². The van der Waals surface area contributed by atoms with Crippen molar-refractivity contribution in [1.29, 1.82) is 0 Å². The van der Waals surface area contributed by atoms with Crippen LogP contribution in [-0.2, 0) is 5.75 Å². The van der Waals surface area contributed by atoms with Crippen LogP contribution in [0.5, 0.6) is 0 Å². The van der Waals surface area contributed by atoms with Crippen LogP contribution >= 0.6 is 23.1 Å². The molecule has 4 nitrogen and oxygen atoms in total. The molecule has 0 aliphatic rings. The Morgan fingerprint density at radius 1 is 1.24 bits per heavy atom. The van der Waals surface area contributed by atoms with Crippen LogP contribution in [0.3, 0.4) is 0 Å². The first-order valence-electron chi connectivity index (χ1n) is 6.59. The van der Waals surface area contributed by atoms with E-state index in [0.717, 1.165) is 16.5 Å². The summed E-state index contributed by atoms with van der Waals surface area (Å²) >= 11 is 3.21. The van der Waals surface area contributed by atoms with Gasteiger partial charge < -0.3 is 0 Å². The molecule has 0 unspecified atom stereocenters. The van der Waals surface area contributed by atoms with Crippen molar-refractivity contribution >= 4 is 28.1 Å². The Hall–Kier alpha value is -1.66. The Balaban J connectivity index is 1.85. The third-order valence-electron chi connectivity index (χ3n) is 3.10. The third kappa shape index (κ3) is 3.01. The Kier molecular flexibility index (Phi) is 3.82. The number of hydrogen-bond donors (Lipinski definition) is 0. The molecule has 0 N–H and O–H groups in total. The number of aryl methyl sites for hydroxylation is 3. The SMILES string of the molecule is Cc1ccc(SCc2nn3c(=O)cc(C)nc3s2)c(C)c1. The van der Waals surface area contributed by atoms with E-state index < -0.39 is 0 Å². The highest BCUT2D eigenvalue weighted by atomic mass is 32.2. The second-order valence-electron chi connectivity index (χ2n) is 4.98. The Bertz CT molecular complexity index is 867. The molecule has 3 rings (SSSR count). The van der Waals surface area contributed by atoms with Gasteiger partial charge in [-0.05, 0) is 32.4 Å². The van der Waals surface area contributed by atoms with Crippen molar-refractivity contribution in [2.24, 2.45) is 0 Å². The summed E-state index contributed by atoms with van der Waals surface area (Å²) in [6.45, 7) is 6.03. The Morgan fingerprint density at radius 2 is 2.05 bits per heavy atom. The molecular formula is C15H15N3OS2. The van der Waals surface area contributed by atoms with Crippen molar-refractivity contribution in [1.82, 2.24) is 14.6 Å². The molecule has 0 fully saturated rings. The molecule has 108 valence electrons. The molecule has 2 aromatic heterocycles. The van der Waals surface area contributed by atoms with E-state index in [0.29, 0.717) is 4.96 Å². The minimum Gasteiger partial charge on any atom is -0.267 e. The van der Waals surface area contributed by atoms with Crippen molar-refractivity contribution in [2.75, 3.05) is 0 Å². The fourth-order valence-corrected chi connectivity index (χ4v) is 4.06. The summed E-state index contributed by atoms with van der Waals surface area (Å²) < 4.78 is 1.38. The van der Waals surface area contributed by atoms with Crippen molar-refractivity contribution in [2.45, 2.75) is 31.4 Å². The van der Waals surface area contributed by atoms with Crippen LogP contribution in [-0.4, -0.2) is 14.6 Å². The zero-order chi connectivity index (χ0) is 15.0. The van der Waals surface area contributed by atoms with Crippen LogP contribution in [0.15, 0.2) is 34.0 Å². The van der Waals surface area contributed by atoms with Gasteiger partial charge in [0.05, 0.1) is 5.75 Å². The maximum atomic E-state index is 11.8. The van der Waals surface area contributed by atoms with Crippen LogP contribution in [0, 0.1) is 20.8 Å². The minimum absolute atomic E-state index is 0.114. The molecule has 0 atom stereocenters. The number of aromatic nitrogens is 3. The number of fused-ring (bicyclic) bond motifs is 1. The van der Waals surface area contributed by atoms with E-state index in [4.69, 9.17) is 0 Å². The number of hydrogen-bond acceptors (Lipinski definition) is 5. The van der Waals surface area contributed by atoms with Crippen molar-refractivity contribution in [3.8, 4) is 0 Å². The zero-order valence-corrected chi connectivity index (χ0v) is 13.7. The largest absolute Gasteiger partial charge is 0.275 e. The summed E-state index contributed by atoms with van der Waals surface area (Å²) in [6.07, 6.45) is 0. The first kappa shape index (κ1) is 14.3. The molecule has 0 radical (unpaired) electrons. The smallest absolute Gasteiger partial charge is 0.267 e. The zero-order valence-electron chi connectivity index (χ0n) is 12.1. The summed E-state index contributed by atoms with van der Waals surface area (Å²) in [5.74, 6) is 0.746. The van der Waals surface area contributed by atoms with Gasteiger partial charge in [0, 0.05) is 16.7 Å². The van der Waals surface area contributed by atoms with E-state index in [-0.39, 0.29) is 5.56 Å². The van der Waals surface area contributed by atoms with Crippen LogP contribution in [0.4, 0.5) is 0 Å². The third-order valence-corrected chi connectivity index (χ3v) is 5.37. The van der Waals surface area contributed by atoms with Crippen LogP contribution < -0.4 is 5.56 Å². The molecule has 3 aromatic rings. The maximum absolute atomic E-state index is 11.8. The first-order valence-corrected chi connectivity index (χ1v) is 8.39. The van der Waals surface area contributed by atoms with Gasteiger partial charge in [0.15, 0.2) is 0 Å². The average Bonchev–Trinajstić information content (AvgIpc) is 2.81. The predicted octanol–water partition coefficient (Wildman–Crippen LogP) is 3.37. The monoisotopic (exact) mass is 317 g/mol. The molecule has 0 saturated heterocycles. The lowest BCUT2D eigenvalue weighted by Gasteiger charge is -2.04. The highest BCUT2D eigenvalue weighted by Gasteiger charge is 2.08. The average molecular weight is 317 g/mol. The first-order chi connectivity index (χ1) is 10.0. The topological polar surface area (TPSA) is 47.3 Å². The molecule has 6 heteroatoms. The van der Waals surface area contributed by atoms with Crippen LogP contribution in [0.1, 0.15) is 21.8 Å². The molecule has 0 aliphatic heterocycles. The Labute approximate surface area is 130 Å². The van der Waals surface area contributed by atoms with Crippen LogP contribution in [0.2, 0.25) is 0 Å². The predicted molar refractivity (Wildman–Crippen MR) is 87.3 cm³/mol. The summed E-state index contributed by atoms with van der Waals surface area (Å²) in [6, 6.07) is 7.93. The number of thioether (sulfide) groups is 1. The molecule has 1 aromatic carbocycles. The second-order valence-corrected chi connectivity index (χ2v) is 7.04. The standard InChI is InChI=1S/C15H15N3OS2/c1-9-4-5-12(10(2)6-9)20-8-13-17-18-14(19)7-11(3)16-15(18)21-13/h4-7H,8H2,1-3H3. The fourth-order valence-electron chi connectivity index (χ4n) is 2.12. The highest BCUT2D eigenvalue weighted by Crippen LogP contribution is 2.27. The Morgan fingerprint density at radius 3 is 2.81 bits per heavy atom. The van der Waals surface area contributed by atoms with Gasteiger partial charge in [-0.2, -0.15) is 9.61 Å². The normalized spacial score (nSPS) is 11.2. The van der Waals surface area contributed by atoms with Gasteiger partial charge in [-0.15, -0.1) is 11.8 Å². The molecule has 21 heavy (non-hydrogen) atoms. The highest BCUT2D eigenvalue weighted by molar-refractivity contribution is 7.98. The number of nitrogens with zero attached hydrogens (tertiary/aromatic N) is 3. The molecule has 0 aliphatic carbocycles. The van der Waals surface area contributed by atoms with Gasteiger partial charge in [-0.25, -0.2) is 4.98 Å². The van der Waals surface area contributed by atoms with Gasteiger partial charge in [0.1, 0.15) is 5.01 Å². The lowest BCUT2D eigenvalue weighted by Crippen LogP contribution is -2.14. The maximum Gasteiger partial charge on any atom is 0.275 e. The van der Waals surface area contributed by atoms with E-state index in [1.807, 2.05) is 6.92 Å².